The molecule has 1 N–H and O–H groups in total. The molecule has 1 aromatic rings. The maximum absolute atomic E-state index is 12.8. The molecule has 1 unspecified atom stereocenters. The van der Waals surface area contributed by atoms with E-state index < -0.39 is 57.6 Å². The fourth-order valence-electron chi connectivity index (χ4n) is 3.29. The molecule has 1 saturated heterocycles. The predicted molar refractivity (Wildman–Crippen MR) is 104 cm³/mol. The van der Waals surface area contributed by atoms with Crippen LogP contribution in [0.5, 0.6) is 0 Å². The molecule has 0 aliphatic carbocycles. The van der Waals surface area contributed by atoms with Crippen molar-refractivity contribution in [1.82, 2.24) is 10.2 Å². The van der Waals surface area contributed by atoms with Crippen LogP contribution in [0.4, 0.5) is 4.79 Å². The first kappa shape index (κ1) is 22.3. The predicted octanol–water partition coefficient (Wildman–Crippen LogP) is -0.132. The second-order valence-corrected chi connectivity index (χ2v) is 8.91. The van der Waals surface area contributed by atoms with Gasteiger partial charge in [-0.15, -0.1) is 0 Å². The van der Waals surface area contributed by atoms with Gasteiger partial charge in [-0.1, -0.05) is 30.3 Å². The summed E-state index contributed by atoms with van der Waals surface area (Å²) in [6, 6.07) is 7.32. The van der Waals surface area contributed by atoms with E-state index in [-0.39, 0.29) is 17.9 Å². The highest BCUT2D eigenvalue weighted by molar-refractivity contribution is 7.92. The molecular formula is C19H20N2O9S. The number of β-lactam (4-membered cyclic amide) rings is 1. The van der Waals surface area contributed by atoms with Gasteiger partial charge in [0.25, 0.3) is 5.91 Å². The van der Waals surface area contributed by atoms with Crippen LogP contribution in [0.2, 0.25) is 0 Å². The molecule has 1 aromatic carbocycles. The SMILES string of the molecule is COC(=O)N[C@@H]1C(=O)N2C(C(=O)OCc3ccccc3)=C(COC(C)=O)CS(=O)(=O)C12. The number of alkyl carbamates (subject to hydrolysis) is 1. The molecule has 31 heavy (non-hydrogen) atoms. The molecule has 0 spiro atoms. The van der Waals surface area contributed by atoms with Crippen LogP contribution in [-0.4, -0.2) is 68.1 Å². The number of ether oxygens (including phenoxy) is 3. The lowest BCUT2D eigenvalue weighted by molar-refractivity contribution is -0.152. The third-order valence-electron chi connectivity index (χ3n) is 4.68. The Morgan fingerprint density at radius 1 is 1.13 bits per heavy atom. The third-order valence-corrected chi connectivity index (χ3v) is 6.65. The lowest BCUT2D eigenvalue weighted by Crippen LogP contribution is -2.74. The van der Waals surface area contributed by atoms with Crippen molar-refractivity contribution in [3.05, 3.63) is 47.2 Å². The fourth-order valence-corrected chi connectivity index (χ4v) is 5.29. The zero-order chi connectivity index (χ0) is 22.8. The lowest BCUT2D eigenvalue weighted by atomic mass is 10.0. The van der Waals surface area contributed by atoms with E-state index in [1.54, 1.807) is 30.3 Å². The molecule has 0 bridgehead atoms. The van der Waals surface area contributed by atoms with Crippen molar-refractivity contribution in [1.29, 1.82) is 0 Å². The number of methoxy groups -OCH3 is 1. The van der Waals surface area contributed by atoms with Crippen LogP contribution in [0.25, 0.3) is 0 Å². The Hall–Kier alpha value is -3.41. The maximum atomic E-state index is 12.8. The number of amides is 2. The van der Waals surface area contributed by atoms with Crippen molar-refractivity contribution in [3.8, 4) is 0 Å². The Kier molecular flexibility index (Phi) is 6.29. The number of nitrogens with zero attached hydrogens (tertiary/aromatic N) is 1. The fraction of sp³-hybridized carbons (Fsp3) is 0.368. The van der Waals surface area contributed by atoms with Gasteiger partial charge in [0.1, 0.15) is 25.0 Å². The summed E-state index contributed by atoms with van der Waals surface area (Å²) in [5, 5.41) is 0.661. The summed E-state index contributed by atoms with van der Waals surface area (Å²) in [7, 11) is -2.95. The van der Waals surface area contributed by atoms with Gasteiger partial charge < -0.3 is 19.5 Å². The number of esters is 2. The Balaban J connectivity index is 1.92. The van der Waals surface area contributed by atoms with Gasteiger partial charge in [0.05, 0.1) is 12.9 Å². The Bertz CT molecular complexity index is 1050. The average molecular weight is 452 g/mol. The van der Waals surface area contributed by atoms with Gasteiger partial charge >= 0.3 is 18.0 Å². The monoisotopic (exact) mass is 452 g/mol. The molecule has 0 saturated carbocycles. The summed E-state index contributed by atoms with van der Waals surface area (Å²) < 4.78 is 40.1. The van der Waals surface area contributed by atoms with Crippen LogP contribution >= 0.6 is 0 Å². The second-order valence-electron chi connectivity index (χ2n) is 6.81. The molecule has 0 radical (unpaired) electrons. The quantitative estimate of drug-likeness (QED) is 0.354. The first-order chi connectivity index (χ1) is 14.7. The van der Waals surface area contributed by atoms with E-state index in [1.165, 1.54) is 0 Å². The summed E-state index contributed by atoms with van der Waals surface area (Å²) >= 11 is 0. The number of hydrogen-bond acceptors (Lipinski definition) is 9. The third kappa shape index (κ3) is 4.53. The first-order valence-corrected chi connectivity index (χ1v) is 10.8. The summed E-state index contributed by atoms with van der Waals surface area (Å²) in [5.41, 5.74) is 0.275. The highest BCUT2D eigenvalue weighted by Gasteiger charge is 2.61. The summed E-state index contributed by atoms with van der Waals surface area (Å²) in [4.78, 5) is 49.0. The van der Waals surface area contributed by atoms with Crippen molar-refractivity contribution >= 4 is 33.8 Å². The van der Waals surface area contributed by atoms with Crippen LogP contribution in [0.1, 0.15) is 12.5 Å². The van der Waals surface area contributed by atoms with Crippen molar-refractivity contribution in [2.45, 2.75) is 24.9 Å². The van der Waals surface area contributed by atoms with E-state index in [1.807, 2.05) is 0 Å². The number of nitrogens with one attached hydrogen (secondary N) is 1. The van der Waals surface area contributed by atoms with Gasteiger partial charge in [-0.2, -0.15) is 0 Å². The molecule has 1 fully saturated rings. The zero-order valence-corrected chi connectivity index (χ0v) is 17.5. The van der Waals surface area contributed by atoms with Crippen LogP contribution < -0.4 is 5.32 Å². The summed E-state index contributed by atoms with van der Waals surface area (Å²) in [6.07, 6.45) is -0.990. The van der Waals surface area contributed by atoms with Crippen LogP contribution in [0.3, 0.4) is 0 Å². The number of sulfone groups is 1. The molecule has 12 heteroatoms. The van der Waals surface area contributed by atoms with Crippen molar-refractivity contribution in [2.75, 3.05) is 19.5 Å². The Morgan fingerprint density at radius 2 is 1.81 bits per heavy atom. The number of carbonyl (C=O) groups is 4. The number of benzene rings is 1. The molecule has 0 aromatic heterocycles. The van der Waals surface area contributed by atoms with Crippen molar-refractivity contribution in [2.24, 2.45) is 0 Å². The van der Waals surface area contributed by atoms with E-state index in [4.69, 9.17) is 9.47 Å². The van der Waals surface area contributed by atoms with E-state index in [0.717, 1.165) is 18.9 Å². The minimum Gasteiger partial charge on any atom is -0.461 e. The highest BCUT2D eigenvalue weighted by atomic mass is 32.2. The molecule has 2 heterocycles. The van der Waals surface area contributed by atoms with Gasteiger partial charge in [0, 0.05) is 12.5 Å². The van der Waals surface area contributed by atoms with E-state index in [0.29, 0.717) is 5.56 Å². The Labute approximate surface area is 177 Å². The molecule has 3 rings (SSSR count). The van der Waals surface area contributed by atoms with E-state index in [9.17, 15) is 27.6 Å². The van der Waals surface area contributed by atoms with Crippen LogP contribution in [0, 0.1) is 0 Å². The second kappa shape index (κ2) is 8.76. The van der Waals surface area contributed by atoms with Gasteiger partial charge in [0.15, 0.2) is 15.2 Å². The van der Waals surface area contributed by atoms with Crippen LogP contribution in [-0.2, 0) is 45.0 Å². The molecule has 11 nitrogen and oxygen atoms in total. The number of fused-ring (bicyclic) bond motifs is 1. The Morgan fingerprint density at radius 3 is 2.42 bits per heavy atom. The molecule has 2 aliphatic heterocycles. The first-order valence-electron chi connectivity index (χ1n) is 9.11. The van der Waals surface area contributed by atoms with Gasteiger partial charge in [-0.3, -0.25) is 14.5 Å². The largest absolute Gasteiger partial charge is 0.461 e. The molecule has 166 valence electrons. The van der Waals surface area contributed by atoms with E-state index >= 15 is 0 Å². The van der Waals surface area contributed by atoms with Crippen molar-refractivity contribution < 1.29 is 41.8 Å². The average Bonchev–Trinajstić information content (AvgIpc) is 2.73. The maximum Gasteiger partial charge on any atom is 0.407 e. The van der Waals surface area contributed by atoms with Gasteiger partial charge in [-0.25, -0.2) is 18.0 Å². The van der Waals surface area contributed by atoms with E-state index in [2.05, 4.69) is 10.1 Å². The molecule has 2 atom stereocenters. The summed E-state index contributed by atoms with van der Waals surface area (Å²) in [6.45, 7) is 0.502. The molecular weight excluding hydrogens is 432 g/mol. The lowest BCUT2D eigenvalue weighted by Gasteiger charge is -2.48. The smallest absolute Gasteiger partial charge is 0.407 e. The summed E-state index contributed by atoms with van der Waals surface area (Å²) in [5.74, 6) is -3.12. The topological polar surface area (TPSA) is 145 Å². The number of hydrogen-bond donors (Lipinski definition) is 1. The minimum atomic E-state index is -4.01. The molecule has 2 aliphatic rings. The number of rotatable bonds is 6. The van der Waals surface area contributed by atoms with Crippen LogP contribution in [0.15, 0.2) is 41.6 Å². The zero-order valence-electron chi connectivity index (χ0n) is 16.7. The standard InChI is InChI=1S/C19H20N2O9S/c1-11(22)29-9-13-10-31(26,27)17-14(20-19(25)28-2)16(23)21(17)15(13)18(24)30-8-12-6-4-3-5-7-12/h3-7,14,17H,8-10H2,1-2H3,(H,20,25)/t14-,17?/m1/s1. The molecule has 2 amide bonds. The number of carbonyl (C=O) groups excluding carboxylic acids is 4. The normalized spacial score (nSPS) is 21.5. The minimum absolute atomic E-state index is 0.0885. The van der Waals surface area contributed by atoms with Crippen molar-refractivity contribution in [3.63, 3.8) is 0 Å². The van der Waals surface area contributed by atoms with Gasteiger partial charge in [-0.05, 0) is 5.56 Å². The van der Waals surface area contributed by atoms with Gasteiger partial charge in [0.2, 0.25) is 0 Å². The highest BCUT2D eigenvalue weighted by Crippen LogP contribution is 2.37.